The van der Waals surface area contributed by atoms with Crippen LogP contribution in [-0.4, -0.2) is 19.2 Å². The molecule has 4 heteroatoms. The van der Waals surface area contributed by atoms with Crippen molar-refractivity contribution < 1.29 is 9.13 Å². The molecule has 18 heavy (non-hydrogen) atoms. The van der Waals surface area contributed by atoms with Crippen LogP contribution in [0.25, 0.3) is 0 Å². The Morgan fingerprint density at radius 2 is 2.33 bits per heavy atom. The second kappa shape index (κ2) is 5.83. The summed E-state index contributed by atoms with van der Waals surface area (Å²) in [6.07, 6.45) is 2.52. The van der Waals surface area contributed by atoms with Gasteiger partial charge in [-0.25, -0.2) is 4.39 Å². The zero-order valence-electron chi connectivity index (χ0n) is 10.4. The Morgan fingerprint density at radius 1 is 1.56 bits per heavy atom. The van der Waals surface area contributed by atoms with Gasteiger partial charge in [-0.1, -0.05) is 6.92 Å². The molecule has 0 amide bonds. The zero-order chi connectivity index (χ0) is 13.0. The average Bonchev–Trinajstić information content (AvgIpc) is 3.18. The number of nitrogens with one attached hydrogen (secondary N) is 1. The molecule has 0 aromatic heterocycles. The molecule has 3 nitrogen and oxygen atoms in total. The highest BCUT2D eigenvalue weighted by atomic mass is 19.1. The molecule has 1 aliphatic rings. The van der Waals surface area contributed by atoms with Crippen molar-refractivity contribution >= 4 is 0 Å². The third-order valence-corrected chi connectivity index (χ3v) is 2.92. The Labute approximate surface area is 107 Å². The van der Waals surface area contributed by atoms with Gasteiger partial charge < -0.3 is 10.1 Å². The second-order valence-corrected chi connectivity index (χ2v) is 4.86. The van der Waals surface area contributed by atoms with Gasteiger partial charge in [0.15, 0.2) is 11.6 Å². The van der Waals surface area contributed by atoms with Crippen LogP contribution in [0.5, 0.6) is 5.75 Å². The quantitative estimate of drug-likeness (QED) is 0.841. The van der Waals surface area contributed by atoms with Gasteiger partial charge >= 0.3 is 0 Å². The van der Waals surface area contributed by atoms with Gasteiger partial charge in [0.25, 0.3) is 0 Å². The maximum absolute atomic E-state index is 13.5. The molecule has 0 bridgehead atoms. The van der Waals surface area contributed by atoms with Gasteiger partial charge in [-0.05, 0) is 31.0 Å². The summed E-state index contributed by atoms with van der Waals surface area (Å²) >= 11 is 0. The fraction of sp³-hybridized carbons (Fsp3) is 0.500. The number of halogens is 1. The number of rotatable bonds is 6. The van der Waals surface area contributed by atoms with Crippen LogP contribution in [0.1, 0.15) is 25.3 Å². The number of benzene rings is 1. The van der Waals surface area contributed by atoms with E-state index in [0.29, 0.717) is 24.1 Å². The minimum absolute atomic E-state index is 0.215. The Kier molecular flexibility index (Phi) is 4.16. The largest absolute Gasteiger partial charge is 0.490 e. The number of nitrogens with zero attached hydrogens (tertiary/aromatic N) is 1. The molecule has 1 N–H and O–H groups in total. The number of ether oxygens (including phenoxy) is 1. The Hall–Kier alpha value is -1.60. The molecule has 0 radical (unpaired) electrons. The predicted octanol–water partition coefficient (Wildman–Crippen LogP) is 2.46. The Balaban J connectivity index is 1.79. The summed E-state index contributed by atoms with van der Waals surface area (Å²) in [5.74, 6) is 0.0734. The average molecular weight is 248 g/mol. The summed E-state index contributed by atoms with van der Waals surface area (Å²) in [5, 5.41) is 12.0. The van der Waals surface area contributed by atoms with Gasteiger partial charge in [-0.15, -0.1) is 0 Å². The molecule has 1 fully saturated rings. The van der Waals surface area contributed by atoms with Crippen LogP contribution in [0, 0.1) is 23.1 Å². The summed E-state index contributed by atoms with van der Waals surface area (Å²) in [6, 6.07) is 6.84. The fourth-order valence-corrected chi connectivity index (χ4v) is 1.63. The van der Waals surface area contributed by atoms with Gasteiger partial charge in [0.1, 0.15) is 0 Å². The topological polar surface area (TPSA) is 45.0 Å². The molecular weight excluding hydrogens is 231 g/mol. The summed E-state index contributed by atoms with van der Waals surface area (Å²) < 4.78 is 18.9. The predicted molar refractivity (Wildman–Crippen MR) is 66.8 cm³/mol. The molecule has 1 aromatic carbocycles. The molecule has 1 unspecified atom stereocenters. The molecule has 1 aliphatic carbocycles. The van der Waals surface area contributed by atoms with Gasteiger partial charge in [0.2, 0.25) is 0 Å². The lowest BCUT2D eigenvalue weighted by Crippen LogP contribution is -2.26. The van der Waals surface area contributed by atoms with E-state index < -0.39 is 5.82 Å². The first-order valence-electron chi connectivity index (χ1n) is 6.25. The normalized spacial score (nSPS) is 16.1. The van der Waals surface area contributed by atoms with Crippen LogP contribution in [-0.2, 0) is 0 Å². The summed E-state index contributed by atoms with van der Waals surface area (Å²) in [7, 11) is 0. The lowest BCUT2D eigenvalue weighted by Gasteiger charge is -2.14. The highest BCUT2D eigenvalue weighted by Crippen LogP contribution is 2.20. The molecule has 0 saturated heterocycles. The first-order valence-corrected chi connectivity index (χ1v) is 6.25. The number of hydrogen-bond donors (Lipinski definition) is 1. The van der Waals surface area contributed by atoms with Crippen molar-refractivity contribution in [2.75, 3.05) is 13.2 Å². The van der Waals surface area contributed by atoms with Gasteiger partial charge in [0, 0.05) is 18.5 Å². The van der Waals surface area contributed by atoms with E-state index in [1.54, 1.807) is 6.07 Å². The summed E-state index contributed by atoms with van der Waals surface area (Å²) in [4.78, 5) is 0. The summed E-state index contributed by atoms with van der Waals surface area (Å²) in [6.45, 7) is 3.43. The van der Waals surface area contributed by atoms with Crippen LogP contribution in [0.4, 0.5) is 4.39 Å². The van der Waals surface area contributed by atoms with E-state index in [-0.39, 0.29) is 5.75 Å². The van der Waals surface area contributed by atoms with Crippen molar-refractivity contribution in [3.63, 3.8) is 0 Å². The van der Waals surface area contributed by atoms with E-state index in [1.165, 1.54) is 25.0 Å². The summed E-state index contributed by atoms with van der Waals surface area (Å²) in [5.41, 5.74) is 0.309. The minimum atomic E-state index is -0.476. The first kappa shape index (κ1) is 12.8. The van der Waals surface area contributed by atoms with E-state index in [1.807, 2.05) is 6.07 Å². The monoisotopic (exact) mass is 248 g/mol. The highest BCUT2D eigenvalue weighted by Gasteiger charge is 2.21. The minimum Gasteiger partial charge on any atom is -0.490 e. The van der Waals surface area contributed by atoms with Gasteiger partial charge in [0.05, 0.1) is 18.2 Å². The van der Waals surface area contributed by atoms with Gasteiger partial charge in [-0.2, -0.15) is 5.26 Å². The van der Waals surface area contributed by atoms with Crippen molar-refractivity contribution in [1.29, 1.82) is 5.26 Å². The van der Waals surface area contributed by atoms with Crippen molar-refractivity contribution in [2.45, 2.75) is 25.8 Å². The molecule has 0 heterocycles. The van der Waals surface area contributed by atoms with Crippen LogP contribution < -0.4 is 10.1 Å². The zero-order valence-corrected chi connectivity index (χ0v) is 10.4. The molecule has 2 rings (SSSR count). The van der Waals surface area contributed by atoms with E-state index in [2.05, 4.69) is 12.2 Å². The third-order valence-electron chi connectivity index (χ3n) is 2.92. The standard InChI is InChI=1S/C14H17FN2O/c1-10(8-17-12-3-4-12)9-18-14-5-2-11(7-16)6-13(14)15/h2,5-6,10,12,17H,3-4,8-9H2,1H3. The second-order valence-electron chi connectivity index (χ2n) is 4.86. The highest BCUT2D eigenvalue weighted by molar-refractivity contribution is 5.35. The van der Waals surface area contributed by atoms with Crippen LogP contribution in [0.15, 0.2) is 18.2 Å². The van der Waals surface area contributed by atoms with Crippen molar-refractivity contribution in [2.24, 2.45) is 5.92 Å². The molecule has 0 aliphatic heterocycles. The smallest absolute Gasteiger partial charge is 0.166 e. The van der Waals surface area contributed by atoms with Crippen LogP contribution in [0.3, 0.4) is 0 Å². The lowest BCUT2D eigenvalue weighted by molar-refractivity contribution is 0.245. The molecule has 1 atom stereocenters. The Bertz CT molecular complexity index is 452. The van der Waals surface area contributed by atoms with E-state index >= 15 is 0 Å². The fourth-order valence-electron chi connectivity index (χ4n) is 1.63. The molecule has 1 saturated carbocycles. The molecule has 96 valence electrons. The van der Waals surface area contributed by atoms with Crippen molar-refractivity contribution in [3.8, 4) is 11.8 Å². The maximum Gasteiger partial charge on any atom is 0.166 e. The van der Waals surface area contributed by atoms with Gasteiger partial charge in [-0.3, -0.25) is 0 Å². The van der Waals surface area contributed by atoms with E-state index in [0.717, 1.165) is 6.54 Å². The number of hydrogen-bond acceptors (Lipinski definition) is 3. The maximum atomic E-state index is 13.5. The molecule has 0 spiro atoms. The Morgan fingerprint density at radius 3 is 2.94 bits per heavy atom. The van der Waals surface area contributed by atoms with Crippen LogP contribution in [0.2, 0.25) is 0 Å². The first-order chi connectivity index (χ1) is 8.69. The van der Waals surface area contributed by atoms with E-state index in [9.17, 15) is 4.39 Å². The molecule has 1 aromatic rings. The number of nitriles is 1. The third kappa shape index (κ3) is 3.71. The van der Waals surface area contributed by atoms with E-state index in [4.69, 9.17) is 10.00 Å². The lowest BCUT2D eigenvalue weighted by atomic mass is 10.2. The van der Waals surface area contributed by atoms with Crippen molar-refractivity contribution in [3.05, 3.63) is 29.6 Å². The molecular formula is C14H17FN2O. The van der Waals surface area contributed by atoms with Crippen molar-refractivity contribution in [1.82, 2.24) is 5.32 Å². The SMILES string of the molecule is CC(CNC1CC1)COc1ccc(C#N)cc1F. The van der Waals surface area contributed by atoms with Crippen LogP contribution >= 0.6 is 0 Å².